The highest BCUT2D eigenvalue weighted by molar-refractivity contribution is 5.84. The molecule has 4 nitrogen and oxygen atoms in total. The van der Waals surface area contributed by atoms with E-state index in [-0.39, 0.29) is 17.5 Å². The van der Waals surface area contributed by atoms with Crippen molar-refractivity contribution in [2.24, 2.45) is 0 Å². The molecule has 21 heavy (non-hydrogen) atoms. The molecule has 0 amide bonds. The Labute approximate surface area is 123 Å². The summed E-state index contributed by atoms with van der Waals surface area (Å²) < 4.78 is 5.40. The van der Waals surface area contributed by atoms with E-state index < -0.39 is 5.41 Å². The number of esters is 1. The first-order valence-electron chi connectivity index (χ1n) is 6.76. The number of ether oxygens (including phenoxy) is 1. The monoisotopic (exact) mass is 286 g/mol. The van der Waals surface area contributed by atoms with Gasteiger partial charge in [-0.1, -0.05) is 19.1 Å². The lowest BCUT2D eigenvalue weighted by Crippen LogP contribution is -2.35. The third kappa shape index (κ3) is 3.16. The van der Waals surface area contributed by atoms with Crippen molar-refractivity contribution in [2.45, 2.75) is 25.7 Å². The van der Waals surface area contributed by atoms with Gasteiger partial charge >= 0.3 is 5.97 Å². The molecule has 0 radical (unpaired) electrons. The van der Waals surface area contributed by atoms with Gasteiger partial charge in [0.05, 0.1) is 5.41 Å². The Morgan fingerprint density at radius 3 is 1.95 bits per heavy atom. The second kappa shape index (κ2) is 5.87. The van der Waals surface area contributed by atoms with Gasteiger partial charge in [-0.2, -0.15) is 0 Å². The highest BCUT2D eigenvalue weighted by atomic mass is 16.5. The van der Waals surface area contributed by atoms with Gasteiger partial charge in [-0.25, -0.2) is 0 Å². The Morgan fingerprint density at radius 2 is 1.48 bits per heavy atom. The number of phenols is 2. The number of phenolic OH excluding ortho intramolecular Hbond substituents is 2. The quantitative estimate of drug-likeness (QED) is 0.668. The van der Waals surface area contributed by atoms with E-state index in [2.05, 4.69) is 0 Å². The van der Waals surface area contributed by atoms with Crippen LogP contribution in [0, 0.1) is 0 Å². The van der Waals surface area contributed by atoms with Crippen molar-refractivity contribution >= 4 is 5.97 Å². The summed E-state index contributed by atoms with van der Waals surface area (Å²) in [6, 6.07) is 12.6. The Bertz CT molecular complexity index is 616. The van der Waals surface area contributed by atoms with Crippen LogP contribution in [0.15, 0.2) is 48.5 Å². The minimum atomic E-state index is -0.800. The molecule has 0 aliphatic carbocycles. The van der Waals surface area contributed by atoms with Crippen LogP contribution >= 0.6 is 0 Å². The molecule has 2 rings (SSSR count). The lowest BCUT2D eigenvalue weighted by atomic mass is 9.80. The van der Waals surface area contributed by atoms with Crippen molar-refractivity contribution in [1.82, 2.24) is 0 Å². The smallest absolute Gasteiger partial charge is 0.321 e. The lowest BCUT2D eigenvalue weighted by molar-refractivity contribution is -0.140. The molecule has 0 bridgehead atoms. The van der Waals surface area contributed by atoms with Crippen LogP contribution in [0.1, 0.15) is 25.8 Å². The van der Waals surface area contributed by atoms with E-state index in [0.717, 1.165) is 5.56 Å². The number of aromatic hydroxyl groups is 2. The van der Waals surface area contributed by atoms with Gasteiger partial charge in [-0.15, -0.1) is 0 Å². The number of hydrogen-bond acceptors (Lipinski definition) is 4. The van der Waals surface area contributed by atoms with Crippen molar-refractivity contribution < 1.29 is 19.7 Å². The van der Waals surface area contributed by atoms with Crippen LogP contribution in [-0.2, 0) is 10.2 Å². The number of hydrogen-bond donors (Lipinski definition) is 2. The molecule has 4 heteroatoms. The predicted octanol–water partition coefficient (Wildman–Crippen LogP) is 3.37. The highest BCUT2D eigenvalue weighted by Gasteiger charge is 2.35. The van der Waals surface area contributed by atoms with E-state index in [4.69, 9.17) is 4.74 Å². The van der Waals surface area contributed by atoms with Gasteiger partial charge in [0, 0.05) is 0 Å². The molecule has 0 aliphatic heterocycles. The summed E-state index contributed by atoms with van der Waals surface area (Å²) in [4.78, 5) is 12.5. The van der Waals surface area contributed by atoms with Gasteiger partial charge in [0.25, 0.3) is 0 Å². The summed E-state index contributed by atoms with van der Waals surface area (Å²) in [5, 5.41) is 18.6. The maximum Gasteiger partial charge on any atom is 0.321 e. The van der Waals surface area contributed by atoms with Crippen molar-refractivity contribution in [3.05, 3.63) is 54.1 Å². The third-order valence-corrected chi connectivity index (χ3v) is 3.71. The summed E-state index contributed by atoms with van der Waals surface area (Å²) in [6.45, 7) is 3.72. The first-order chi connectivity index (χ1) is 9.95. The molecule has 0 aliphatic rings. The van der Waals surface area contributed by atoms with Crippen molar-refractivity contribution in [1.29, 1.82) is 0 Å². The summed E-state index contributed by atoms with van der Waals surface area (Å²) in [5.41, 5.74) is -0.0161. The van der Waals surface area contributed by atoms with E-state index >= 15 is 0 Å². The van der Waals surface area contributed by atoms with Crippen LogP contribution in [-0.4, -0.2) is 16.2 Å². The van der Waals surface area contributed by atoms with Gasteiger partial charge in [0.1, 0.15) is 17.2 Å². The first-order valence-corrected chi connectivity index (χ1v) is 6.76. The molecule has 1 unspecified atom stereocenters. The van der Waals surface area contributed by atoms with E-state index in [9.17, 15) is 15.0 Å². The van der Waals surface area contributed by atoms with Crippen molar-refractivity contribution in [3.63, 3.8) is 0 Å². The van der Waals surface area contributed by atoms with Crippen LogP contribution in [0.2, 0.25) is 0 Å². The van der Waals surface area contributed by atoms with Crippen LogP contribution in [0.3, 0.4) is 0 Å². The Hall–Kier alpha value is -2.49. The fourth-order valence-electron chi connectivity index (χ4n) is 2.03. The SMILES string of the molecule is CCC(C)(C(=O)Oc1ccc(O)cc1)c1ccc(O)cc1. The average molecular weight is 286 g/mol. The lowest BCUT2D eigenvalue weighted by Gasteiger charge is -2.26. The molecule has 0 fully saturated rings. The second-order valence-electron chi connectivity index (χ2n) is 5.12. The third-order valence-electron chi connectivity index (χ3n) is 3.71. The Kier molecular flexibility index (Phi) is 4.17. The molecule has 0 heterocycles. The van der Waals surface area contributed by atoms with Crippen LogP contribution < -0.4 is 4.74 Å². The molecule has 1 atom stereocenters. The van der Waals surface area contributed by atoms with Crippen LogP contribution in [0.4, 0.5) is 0 Å². The number of carbonyl (C=O) groups is 1. The van der Waals surface area contributed by atoms with E-state index in [1.807, 2.05) is 13.8 Å². The second-order valence-corrected chi connectivity index (χ2v) is 5.12. The molecule has 110 valence electrons. The Morgan fingerprint density at radius 1 is 1.00 bits per heavy atom. The Balaban J connectivity index is 2.24. The minimum absolute atomic E-state index is 0.117. The van der Waals surface area contributed by atoms with E-state index in [1.54, 1.807) is 36.4 Å². The largest absolute Gasteiger partial charge is 0.508 e. The summed E-state index contributed by atoms with van der Waals surface area (Å²) in [5.74, 6) is 0.285. The van der Waals surface area contributed by atoms with Crippen molar-refractivity contribution in [3.8, 4) is 17.2 Å². The molecule has 2 aromatic carbocycles. The molecule has 0 saturated carbocycles. The van der Waals surface area contributed by atoms with Gasteiger partial charge in [0.15, 0.2) is 0 Å². The number of benzene rings is 2. The minimum Gasteiger partial charge on any atom is -0.508 e. The molecule has 0 spiro atoms. The zero-order valence-electron chi connectivity index (χ0n) is 12.0. The molecule has 2 N–H and O–H groups in total. The fraction of sp³-hybridized carbons (Fsp3) is 0.235. The zero-order valence-corrected chi connectivity index (χ0v) is 12.0. The summed E-state index contributed by atoms with van der Waals surface area (Å²) in [6.07, 6.45) is 0.564. The van der Waals surface area contributed by atoms with Crippen LogP contribution in [0.5, 0.6) is 17.2 Å². The van der Waals surface area contributed by atoms with Gasteiger partial charge in [-0.05, 0) is 55.3 Å². The van der Waals surface area contributed by atoms with Gasteiger partial charge < -0.3 is 14.9 Å². The maximum absolute atomic E-state index is 12.5. The topological polar surface area (TPSA) is 66.8 Å². The van der Waals surface area contributed by atoms with Crippen molar-refractivity contribution in [2.75, 3.05) is 0 Å². The highest BCUT2D eigenvalue weighted by Crippen LogP contribution is 2.31. The van der Waals surface area contributed by atoms with E-state index in [1.165, 1.54) is 12.1 Å². The maximum atomic E-state index is 12.5. The average Bonchev–Trinajstić information content (AvgIpc) is 2.49. The standard InChI is InChI=1S/C17H18O4/c1-3-17(2,12-4-6-13(18)7-5-12)16(20)21-15-10-8-14(19)9-11-15/h4-11,18-19H,3H2,1-2H3. The molecule has 0 saturated heterocycles. The molecular formula is C17H18O4. The molecule has 0 aromatic heterocycles. The molecular weight excluding hydrogens is 268 g/mol. The zero-order chi connectivity index (χ0) is 15.5. The normalized spacial score (nSPS) is 13.4. The van der Waals surface area contributed by atoms with Crippen LogP contribution in [0.25, 0.3) is 0 Å². The van der Waals surface area contributed by atoms with Gasteiger partial charge in [-0.3, -0.25) is 4.79 Å². The summed E-state index contributed by atoms with van der Waals surface area (Å²) in [7, 11) is 0. The van der Waals surface area contributed by atoms with Gasteiger partial charge in [0.2, 0.25) is 0 Å². The fourth-order valence-corrected chi connectivity index (χ4v) is 2.03. The predicted molar refractivity (Wildman–Crippen MR) is 79.5 cm³/mol. The number of carbonyl (C=O) groups excluding carboxylic acids is 1. The van der Waals surface area contributed by atoms with E-state index in [0.29, 0.717) is 12.2 Å². The first kappa shape index (κ1) is 14.9. The molecule has 2 aromatic rings. The summed E-state index contributed by atoms with van der Waals surface area (Å²) >= 11 is 0. The number of rotatable bonds is 4.